The first-order valence-electron chi connectivity index (χ1n) is 7.22. The summed E-state index contributed by atoms with van der Waals surface area (Å²) in [5.41, 5.74) is 6.90. The van der Waals surface area contributed by atoms with E-state index in [9.17, 15) is 9.00 Å². The maximum absolute atomic E-state index is 12.5. The lowest BCUT2D eigenvalue weighted by molar-refractivity contribution is -0.123. The van der Waals surface area contributed by atoms with Crippen LogP contribution in [0.5, 0.6) is 0 Å². The van der Waals surface area contributed by atoms with Crippen LogP contribution in [0, 0.1) is 0 Å². The third kappa shape index (κ3) is 3.98. The number of carbonyl (C=O) groups excluding carboxylic acids is 1. The highest BCUT2D eigenvalue weighted by molar-refractivity contribution is 7.79. The fourth-order valence-electron chi connectivity index (χ4n) is 2.31. The van der Waals surface area contributed by atoms with Crippen LogP contribution >= 0.6 is 23.2 Å². The van der Waals surface area contributed by atoms with Crippen molar-refractivity contribution in [2.24, 2.45) is 5.73 Å². The van der Waals surface area contributed by atoms with Crippen LogP contribution in [0.25, 0.3) is 0 Å². The molecule has 0 aromatic heterocycles. The summed E-state index contributed by atoms with van der Waals surface area (Å²) in [6, 6.07) is 13.8. The molecular formula is C17H13Cl2NO4S. The Kier molecular flexibility index (Phi) is 5.32. The molecule has 2 unspecified atom stereocenters. The van der Waals surface area contributed by atoms with Crippen molar-refractivity contribution in [3.63, 3.8) is 0 Å². The average molecular weight is 398 g/mol. The van der Waals surface area contributed by atoms with Gasteiger partial charge in [-0.25, -0.2) is 4.21 Å². The van der Waals surface area contributed by atoms with E-state index >= 15 is 0 Å². The first-order chi connectivity index (χ1) is 12.0. The maximum Gasteiger partial charge on any atom is 0.249 e. The van der Waals surface area contributed by atoms with Crippen LogP contribution in [0.2, 0.25) is 10.0 Å². The molecule has 1 aliphatic rings. The van der Waals surface area contributed by atoms with E-state index in [-0.39, 0.29) is 17.4 Å². The van der Waals surface area contributed by atoms with Crippen molar-refractivity contribution in [2.75, 3.05) is 0 Å². The van der Waals surface area contributed by atoms with Gasteiger partial charge in [0.25, 0.3) is 0 Å². The molecule has 0 aliphatic carbocycles. The van der Waals surface area contributed by atoms with Gasteiger partial charge in [-0.1, -0.05) is 53.5 Å². The number of ketones is 1. The number of Topliss-reactive ketones (excluding diaryl/α,β-unsaturated/α-hetero) is 1. The van der Waals surface area contributed by atoms with E-state index in [1.165, 1.54) is 6.07 Å². The Bertz CT molecular complexity index is 870. The zero-order valence-electron chi connectivity index (χ0n) is 12.8. The van der Waals surface area contributed by atoms with Crippen molar-refractivity contribution >= 4 is 40.1 Å². The Labute approximate surface area is 157 Å². The summed E-state index contributed by atoms with van der Waals surface area (Å²) < 4.78 is 22.8. The van der Waals surface area contributed by atoms with Crippen LogP contribution in [0.4, 0.5) is 0 Å². The highest BCUT2D eigenvalue weighted by atomic mass is 35.5. The molecule has 5 nitrogen and oxygen atoms in total. The molecule has 1 aliphatic heterocycles. The number of nitrogens with two attached hydrogens (primary N) is 1. The zero-order chi connectivity index (χ0) is 18.0. The van der Waals surface area contributed by atoms with Crippen molar-refractivity contribution < 1.29 is 17.9 Å². The number of rotatable bonds is 5. The topological polar surface area (TPSA) is 78.6 Å². The lowest BCUT2D eigenvalue weighted by atomic mass is 10.1. The normalized spacial score (nSPS) is 18.2. The molecule has 0 spiro atoms. The quantitative estimate of drug-likeness (QED) is 0.832. The van der Waals surface area contributed by atoms with Gasteiger partial charge in [-0.2, -0.15) is 0 Å². The van der Waals surface area contributed by atoms with Gasteiger partial charge in [0.1, 0.15) is 0 Å². The van der Waals surface area contributed by atoms with Crippen LogP contribution < -0.4 is 5.73 Å². The van der Waals surface area contributed by atoms with E-state index in [0.29, 0.717) is 15.6 Å². The molecule has 0 saturated heterocycles. The predicted molar refractivity (Wildman–Crippen MR) is 95.9 cm³/mol. The molecule has 2 aromatic rings. The van der Waals surface area contributed by atoms with E-state index < -0.39 is 23.0 Å². The number of hydrogen-bond donors (Lipinski definition) is 1. The summed E-state index contributed by atoms with van der Waals surface area (Å²) in [5, 5.41) is 0.707. The van der Waals surface area contributed by atoms with Gasteiger partial charge in [0.15, 0.2) is 6.10 Å². The van der Waals surface area contributed by atoms with Crippen LogP contribution in [-0.2, 0) is 30.5 Å². The summed E-state index contributed by atoms with van der Waals surface area (Å²) in [6.45, 7) is 0. The standard InChI is InChI=1S/C17H13Cl2NO4S/c18-11-6-7-13(19)12(8-11)15-14(21)16(17(20)23-15)24-25(22)9-10-4-2-1-3-5-10/h1-8,15H,9,20H2. The van der Waals surface area contributed by atoms with Gasteiger partial charge in [-0.05, 0) is 23.8 Å². The molecule has 2 atom stereocenters. The molecule has 0 fully saturated rings. The highest BCUT2D eigenvalue weighted by Crippen LogP contribution is 2.36. The van der Waals surface area contributed by atoms with Crippen LogP contribution in [-0.4, -0.2) is 9.99 Å². The van der Waals surface area contributed by atoms with Gasteiger partial charge in [-0.3, -0.25) is 4.79 Å². The molecule has 0 amide bonds. The zero-order valence-corrected chi connectivity index (χ0v) is 15.1. The van der Waals surface area contributed by atoms with Gasteiger partial charge in [0, 0.05) is 15.6 Å². The molecule has 2 N–H and O–H groups in total. The third-order valence-corrected chi connectivity index (χ3v) is 4.98. The Hall–Kier alpha value is -2.02. The predicted octanol–water partition coefficient (Wildman–Crippen LogP) is 3.64. The van der Waals surface area contributed by atoms with Crippen LogP contribution in [0.3, 0.4) is 0 Å². The molecule has 3 rings (SSSR count). The summed E-state index contributed by atoms with van der Waals surface area (Å²) in [6.07, 6.45) is -1.07. The van der Waals surface area contributed by atoms with E-state index in [1.54, 1.807) is 24.3 Å². The van der Waals surface area contributed by atoms with Crippen molar-refractivity contribution in [1.29, 1.82) is 0 Å². The first kappa shape index (κ1) is 17.8. The van der Waals surface area contributed by atoms with Crippen LogP contribution in [0.15, 0.2) is 60.2 Å². The Balaban J connectivity index is 1.75. The van der Waals surface area contributed by atoms with Crippen LogP contribution in [0.1, 0.15) is 17.2 Å². The highest BCUT2D eigenvalue weighted by Gasteiger charge is 2.39. The minimum absolute atomic E-state index is 0.119. The van der Waals surface area contributed by atoms with Gasteiger partial charge in [0.2, 0.25) is 28.5 Å². The van der Waals surface area contributed by atoms with Crippen molar-refractivity contribution in [3.05, 3.63) is 81.3 Å². The van der Waals surface area contributed by atoms with E-state index in [0.717, 1.165) is 5.56 Å². The monoisotopic (exact) mass is 397 g/mol. The average Bonchev–Trinajstić information content (AvgIpc) is 2.86. The summed E-state index contributed by atoms with van der Waals surface area (Å²) in [7, 11) is 0. The van der Waals surface area contributed by atoms with Crippen molar-refractivity contribution in [3.8, 4) is 0 Å². The molecule has 0 saturated carbocycles. The molecule has 130 valence electrons. The molecule has 8 heteroatoms. The second kappa shape index (κ2) is 7.47. The summed E-state index contributed by atoms with van der Waals surface area (Å²) in [4.78, 5) is 12.5. The lowest BCUT2D eigenvalue weighted by Gasteiger charge is -2.12. The second-order valence-electron chi connectivity index (χ2n) is 5.24. The number of ether oxygens (including phenoxy) is 1. The molecular weight excluding hydrogens is 385 g/mol. The molecule has 1 heterocycles. The molecule has 0 radical (unpaired) electrons. The maximum atomic E-state index is 12.5. The molecule has 2 aromatic carbocycles. The Morgan fingerprint density at radius 3 is 2.60 bits per heavy atom. The minimum Gasteiger partial charge on any atom is -0.460 e. The fraction of sp³-hybridized carbons (Fsp3) is 0.118. The number of hydrogen-bond acceptors (Lipinski definition) is 5. The molecule has 0 bridgehead atoms. The fourth-order valence-corrected chi connectivity index (χ4v) is 3.58. The summed E-state index contributed by atoms with van der Waals surface area (Å²) >= 11 is 10.3. The van der Waals surface area contributed by atoms with E-state index in [1.807, 2.05) is 18.2 Å². The number of benzene rings is 2. The lowest BCUT2D eigenvalue weighted by Crippen LogP contribution is -2.13. The largest absolute Gasteiger partial charge is 0.460 e. The van der Waals surface area contributed by atoms with Crippen molar-refractivity contribution in [2.45, 2.75) is 11.9 Å². The minimum atomic E-state index is -1.78. The Morgan fingerprint density at radius 2 is 1.88 bits per heavy atom. The number of halogens is 2. The van der Waals surface area contributed by atoms with Gasteiger partial charge in [-0.15, -0.1) is 0 Å². The van der Waals surface area contributed by atoms with Gasteiger partial charge < -0.3 is 14.7 Å². The van der Waals surface area contributed by atoms with Gasteiger partial charge >= 0.3 is 0 Å². The third-order valence-electron chi connectivity index (χ3n) is 3.47. The summed E-state index contributed by atoms with van der Waals surface area (Å²) in [5.74, 6) is -0.932. The number of carbonyl (C=O) groups is 1. The SMILES string of the molecule is NC1=C(OS(=O)Cc2ccccc2)C(=O)C(c2cc(Cl)ccc2Cl)O1. The van der Waals surface area contributed by atoms with Crippen molar-refractivity contribution in [1.82, 2.24) is 0 Å². The molecule has 25 heavy (non-hydrogen) atoms. The van der Waals surface area contributed by atoms with E-state index in [2.05, 4.69) is 0 Å². The first-order valence-corrected chi connectivity index (χ1v) is 9.22. The van der Waals surface area contributed by atoms with Gasteiger partial charge in [0.05, 0.1) is 5.75 Å². The Morgan fingerprint density at radius 1 is 1.16 bits per heavy atom. The second-order valence-corrected chi connectivity index (χ2v) is 7.14. The van der Waals surface area contributed by atoms with E-state index in [4.69, 9.17) is 37.9 Å². The smallest absolute Gasteiger partial charge is 0.249 e.